The van der Waals surface area contributed by atoms with Crippen LogP contribution < -0.4 is 16.2 Å². The maximum absolute atomic E-state index is 12.8. The van der Waals surface area contributed by atoms with Crippen LogP contribution >= 0.6 is 0 Å². The number of nitrogens with one attached hydrogen (secondary N) is 2. The van der Waals surface area contributed by atoms with Crippen molar-refractivity contribution in [3.05, 3.63) is 87.2 Å². The van der Waals surface area contributed by atoms with Crippen molar-refractivity contribution in [2.24, 2.45) is 0 Å². The highest BCUT2D eigenvalue weighted by molar-refractivity contribution is 5.75. The number of nitrogens with zero attached hydrogens (tertiary/aromatic N) is 3. The minimum Gasteiger partial charge on any atom is -0.365 e. The van der Waals surface area contributed by atoms with E-state index in [1.165, 1.54) is 10.1 Å². The maximum atomic E-state index is 12.8. The molecule has 0 saturated heterocycles. The number of pyridine rings is 1. The Morgan fingerprint density at radius 3 is 2.57 bits per heavy atom. The first kappa shape index (κ1) is 21.2. The maximum Gasteiger partial charge on any atom is 0.293 e. The number of anilines is 1. The molecule has 2 aromatic heterocycles. The Morgan fingerprint density at radius 2 is 1.83 bits per heavy atom. The highest BCUT2D eigenvalue weighted by Gasteiger charge is 2.12. The molecule has 3 aromatic rings. The van der Waals surface area contributed by atoms with E-state index in [4.69, 9.17) is 0 Å². The highest BCUT2D eigenvalue weighted by atomic mass is 16.2. The van der Waals surface area contributed by atoms with Gasteiger partial charge in [0.05, 0.1) is 0 Å². The molecule has 0 aliphatic rings. The molecular weight excluding hydrogens is 378 g/mol. The molecule has 156 valence electrons. The Morgan fingerprint density at radius 1 is 1.07 bits per heavy atom. The highest BCUT2D eigenvalue weighted by Crippen LogP contribution is 2.06. The van der Waals surface area contributed by atoms with Crippen LogP contribution in [0.15, 0.2) is 53.5 Å². The molecule has 3 rings (SSSR count). The van der Waals surface area contributed by atoms with Crippen LogP contribution in [0.1, 0.15) is 28.2 Å². The summed E-state index contributed by atoms with van der Waals surface area (Å²) >= 11 is 0. The monoisotopic (exact) mass is 405 g/mol. The lowest BCUT2D eigenvalue weighted by Gasteiger charge is -2.13. The second-order valence-corrected chi connectivity index (χ2v) is 7.28. The molecule has 0 spiro atoms. The van der Waals surface area contributed by atoms with Gasteiger partial charge >= 0.3 is 0 Å². The van der Waals surface area contributed by atoms with E-state index in [0.717, 1.165) is 23.4 Å². The van der Waals surface area contributed by atoms with Crippen molar-refractivity contribution in [2.45, 2.75) is 40.3 Å². The van der Waals surface area contributed by atoms with E-state index in [1.807, 2.05) is 56.3 Å². The van der Waals surface area contributed by atoms with Gasteiger partial charge in [-0.15, -0.1) is 0 Å². The fourth-order valence-corrected chi connectivity index (χ4v) is 3.15. The van der Waals surface area contributed by atoms with E-state index in [9.17, 15) is 9.59 Å². The fourth-order valence-electron chi connectivity index (χ4n) is 3.15. The van der Waals surface area contributed by atoms with Gasteiger partial charge in [0.15, 0.2) is 5.82 Å². The van der Waals surface area contributed by atoms with Crippen LogP contribution in [0.5, 0.6) is 0 Å². The first-order valence-electron chi connectivity index (χ1n) is 9.98. The Bertz CT molecular complexity index is 1080. The third-order valence-electron chi connectivity index (χ3n) is 4.92. The van der Waals surface area contributed by atoms with Crippen LogP contribution in [-0.4, -0.2) is 27.0 Å². The Kier molecular flexibility index (Phi) is 6.95. The van der Waals surface area contributed by atoms with Gasteiger partial charge < -0.3 is 10.6 Å². The lowest BCUT2D eigenvalue weighted by molar-refractivity contribution is -0.121. The van der Waals surface area contributed by atoms with Crippen LogP contribution in [0.2, 0.25) is 0 Å². The van der Waals surface area contributed by atoms with Crippen molar-refractivity contribution in [2.75, 3.05) is 11.9 Å². The van der Waals surface area contributed by atoms with Crippen LogP contribution in [0.25, 0.3) is 0 Å². The topological polar surface area (TPSA) is 88.9 Å². The third-order valence-corrected chi connectivity index (χ3v) is 4.92. The summed E-state index contributed by atoms with van der Waals surface area (Å²) in [4.78, 5) is 33.8. The predicted molar refractivity (Wildman–Crippen MR) is 117 cm³/mol. The number of benzene rings is 1. The van der Waals surface area contributed by atoms with E-state index in [0.29, 0.717) is 18.8 Å². The molecule has 30 heavy (non-hydrogen) atoms. The number of hydrogen-bond acceptors (Lipinski definition) is 5. The molecule has 1 amide bonds. The van der Waals surface area contributed by atoms with Crippen molar-refractivity contribution >= 4 is 11.7 Å². The van der Waals surface area contributed by atoms with Gasteiger partial charge in [-0.25, -0.2) is 4.98 Å². The fraction of sp³-hybridized carbons (Fsp3) is 0.304. The Hall–Kier alpha value is -3.48. The minimum atomic E-state index is -0.300. The lowest BCUT2D eigenvalue weighted by atomic mass is 10.1. The zero-order valence-corrected chi connectivity index (χ0v) is 17.6. The molecule has 7 heteroatoms. The number of carbonyl (C=O) groups excluding carboxylic acids is 1. The largest absolute Gasteiger partial charge is 0.365 e. The zero-order valence-electron chi connectivity index (χ0n) is 17.6. The predicted octanol–water partition coefficient (Wildman–Crippen LogP) is 2.53. The number of rotatable bonds is 8. The molecular formula is C23H27N5O2. The van der Waals surface area contributed by atoms with Gasteiger partial charge in [-0.2, -0.15) is 0 Å². The molecule has 2 heterocycles. The third kappa shape index (κ3) is 5.53. The van der Waals surface area contributed by atoms with Crippen molar-refractivity contribution in [1.29, 1.82) is 0 Å². The van der Waals surface area contributed by atoms with Crippen LogP contribution in [0.4, 0.5) is 5.82 Å². The molecule has 0 unspecified atom stereocenters. The average Bonchev–Trinajstić information content (AvgIpc) is 2.73. The Balaban J connectivity index is 1.61. The number of amides is 1. The summed E-state index contributed by atoms with van der Waals surface area (Å²) in [5.74, 6) is 0.0181. The van der Waals surface area contributed by atoms with Gasteiger partial charge in [0.2, 0.25) is 5.91 Å². The molecule has 0 fully saturated rings. The second kappa shape index (κ2) is 9.82. The van der Waals surface area contributed by atoms with Gasteiger partial charge in [-0.1, -0.05) is 36.4 Å². The molecule has 2 N–H and O–H groups in total. The van der Waals surface area contributed by atoms with Gasteiger partial charge in [0.25, 0.3) is 5.56 Å². The lowest BCUT2D eigenvalue weighted by Crippen LogP contribution is -2.34. The van der Waals surface area contributed by atoms with Crippen LogP contribution in [-0.2, 0) is 24.3 Å². The standard InChI is InChI=1S/C23H27N5O2/c1-16-9-10-20(18(3)27-16)14-25-21(29)15-28-17(2)13-26-22(23(28)30)24-12-11-19-7-5-4-6-8-19/h4-10,13H,11-12,14-15H2,1-3H3,(H,24,26)(H,25,29). The summed E-state index contributed by atoms with van der Waals surface area (Å²) in [6, 6.07) is 13.9. The zero-order chi connectivity index (χ0) is 21.5. The number of hydrogen-bond donors (Lipinski definition) is 2. The summed E-state index contributed by atoms with van der Waals surface area (Å²) in [6.45, 7) is 6.52. The second-order valence-electron chi connectivity index (χ2n) is 7.28. The molecule has 0 radical (unpaired) electrons. The van der Waals surface area contributed by atoms with Gasteiger partial charge in [-0.3, -0.25) is 19.1 Å². The summed E-state index contributed by atoms with van der Waals surface area (Å²) in [6.07, 6.45) is 2.38. The molecule has 0 aliphatic carbocycles. The first-order valence-corrected chi connectivity index (χ1v) is 9.98. The summed E-state index contributed by atoms with van der Waals surface area (Å²) in [5, 5.41) is 5.96. The summed E-state index contributed by atoms with van der Waals surface area (Å²) < 4.78 is 1.44. The van der Waals surface area contributed by atoms with Crippen molar-refractivity contribution in [3.63, 3.8) is 0 Å². The van der Waals surface area contributed by atoms with Crippen LogP contribution in [0.3, 0.4) is 0 Å². The molecule has 0 aliphatic heterocycles. The smallest absolute Gasteiger partial charge is 0.293 e. The van der Waals surface area contributed by atoms with E-state index in [1.54, 1.807) is 13.1 Å². The van der Waals surface area contributed by atoms with Gasteiger partial charge in [0.1, 0.15) is 6.54 Å². The summed E-state index contributed by atoms with van der Waals surface area (Å²) in [7, 11) is 0. The Labute approximate surface area is 176 Å². The van der Waals surface area contributed by atoms with Gasteiger partial charge in [-0.05, 0) is 44.4 Å². The molecule has 7 nitrogen and oxygen atoms in total. The minimum absolute atomic E-state index is 0.0567. The number of carbonyl (C=O) groups is 1. The van der Waals surface area contributed by atoms with Crippen molar-refractivity contribution < 1.29 is 4.79 Å². The van der Waals surface area contributed by atoms with E-state index in [2.05, 4.69) is 20.6 Å². The van der Waals surface area contributed by atoms with Crippen molar-refractivity contribution in [3.8, 4) is 0 Å². The first-order chi connectivity index (χ1) is 14.4. The molecule has 0 saturated carbocycles. The number of aryl methyl sites for hydroxylation is 3. The molecule has 0 atom stereocenters. The SMILES string of the molecule is Cc1ccc(CNC(=O)Cn2c(C)cnc(NCCc3ccccc3)c2=O)c(C)n1. The average molecular weight is 406 g/mol. The number of aromatic nitrogens is 3. The summed E-state index contributed by atoms with van der Waals surface area (Å²) in [5.41, 5.74) is 4.29. The molecule has 1 aromatic carbocycles. The van der Waals surface area contributed by atoms with E-state index >= 15 is 0 Å². The molecule has 0 bridgehead atoms. The quantitative estimate of drug-likeness (QED) is 0.601. The van der Waals surface area contributed by atoms with Gasteiger partial charge in [0, 0.05) is 36.4 Å². The van der Waals surface area contributed by atoms with Crippen LogP contribution in [0, 0.1) is 20.8 Å². The van der Waals surface area contributed by atoms with E-state index < -0.39 is 0 Å². The van der Waals surface area contributed by atoms with Crippen molar-refractivity contribution in [1.82, 2.24) is 19.9 Å². The van der Waals surface area contributed by atoms with E-state index in [-0.39, 0.29) is 23.8 Å². The normalized spacial score (nSPS) is 10.6.